The molecule has 1 aromatic carbocycles. The van der Waals surface area contributed by atoms with Crippen LogP contribution in [0.2, 0.25) is 0 Å². The van der Waals surface area contributed by atoms with Gasteiger partial charge in [-0.25, -0.2) is 0 Å². The molecule has 0 aliphatic carbocycles. The normalized spacial score (nSPS) is 15.9. The maximum absolute atomic E-state index is 4.34. The minimum Gasteiger partial charge on any atom is -0.303 e. The molecule has 3 nitrogen and oxygen atoms in total. The van der Waals surface area contributed by atoms with Crippen LogP contribution in [0.1, 0.15) is 19.3 Å². The van der Waals surface area contributed by atoms with Gasteiger partial charge in [0.1, 0.15) is 5.03 Å². The van der Waals surface area contributed by atoms with E-state index < -0.39 is 0 Å². The van der Waals surface area contributed by atoms with Gasteiger partial charge in [0, 0.05) is 22.3 Å². The van der Waals surface area contributed by atoms with Crippen molar-refractivity contribution in [3.05, 3.63) is 40.9 Å². The number of benzene rings is 1. The maximum atomic E-state index is 4.34. The van der Waals surface area contributed by atoms with Crippen LogP contribution < -0.4 is 0 Å². The third-order valence-corrected chi connectivity index (χ3v) is 5.32. The third-order valence-electron chi connectivity index (χ3n) is 3.89. The molecule has 0 spiro atoms. The van der Waals surface area contributed by atoms with Crippen molar-refractivity contribution in [3.63, 3.8) is 0 Å². The highest BCUT2D eigenvalue weighted by atomic mass is 79.9. The van der Waals surface area contributed by atoms with Gasteiger partial charge >= 0.3 is 0 Å². The Morgan fingerprint density at radius 3 is 2.41 bits per heavy atom. The lowest BCUT2D eigenvalue weighted by Gasteiger charge is -2.25. The van der Waals surface area contributed by atoms with Crippen molar-refractivity contribution >= 4 is 27.7 Å². The predicted octanol–water partition coefficient (Wildman–Crippen LogP) is 4.48. The molecule has 3 rings (SSSR count). The SMILES string of the molecule is Brc1ccc(-c2ccc(SCCN3CCCCC3)nn2)cc1. The second-order valence-electron chi connectivity index (χ2n) is 5.51. The van der Waals surface area contributed by atoms with Crippen LogP contribution in [0.3, 0.4) is 0 Å². The van der Waals surface area contributed by atoms with Crippen LogP contribution in [0.4, 0.5) is 0 Å². The summed E-state index contributed by atoms with van der Waals surface area (Å²) < 4.78 is 1.08. The molecule has 116 valence electrons. The van der Waals surface area contributed by atoms with E-state index in [1.165, 1.54) is 32.4 Å². The summed E-state index contributed by atoms with van der Waals surface area (Å²) >= 11 is 5.25. The van der Waals surface area contributed by atoms with Gasteiger partial charge in [0.15, 0.2) is 0 Å². The Morgan fingerprint density at radius 2 is 1.73 bits per heavy atom. The van der Waals surface area contributed by atoms with Gasteiger partial charge in [0.25, 0.3) is 0 Å². The molecule has 0 radical (unpaired) electrons. The lowest BCUT2D eigenvalue weighted by molar-refractivity contribution is 0.242. The van der Waals surface area contributed by atoms with E-state index in [1.54, 1.807) is 11.8 Å². The van der Waals surface area contributed by atoms with E-state index >= 15 is 0 Å². The molecule has 1 saturated heterocycles. The monoisotopic (exact) mass is 377 g/mol. The molecule has 0 atom stereocenters. The van der Waals surface area contributed by atoms with Crippen LogP contribution in [0, 0.1) is 0 Å². The molecule has 5 heteroatoms. The molecule has 1 fully saturated rings. The number of nitrogens with zero attached hydrogens (tertiary/aromatic N) is 3. The number of thioether (sulfide) groups is 1. The van der Waals surface area contributed by atoms with Crippen molar-refractivity contribution < 1.29 is 0 Å². The summed E-state index contributed by atoms with van der Waals surface area (Å²) in [4.78, 5) is 2.56. The van der Waals surface area contributed by atoms with E-state index in [-0.39, 0.29) is 0 Å². The molecule has 0 bridgehead atoms. The van der Waals surface area contributed by atoms with Gasteiger partial charge in [-0.05, 0) is 50.2 Å². The summed E-state index contributed by atoms with van der Waals surface area (Å²) in [6.07, 6.45) is 4.10. The van der Waals surface area contributed by atoms with Crippen molar-refractivity contribution in [2.24, 2.45) is 0 Å². The molecule has 2 aromatic rings. The Bertz CT molecular complexity index is 580. The molecule has 0 saturated carbocycles. The third kappa shape index (κ3) is 4.54. The lowest BCUT2D eigenvalue weighted by atomic mass is 10.1. The first-order valence-electron chi connectivity index (χ1n) is 7.76. The Labute approximate surface area is 144 Å². The van der Waals surface area contributed by atoms with Crippen molar-refractivity contribution in [2.45, 2.75) is 24.3 Å². The topological polar surface area (TPSA) is 29.0 Å². The predicted molar refractivity (Wildman–Crippen MR) is 96.2 cm³/mol. The molecular formula is C17H20BrN3S. The number of aromatic nitrogens is 2. The quantitative estimate of drug-likeness (QED) is 0.718. The molecule has 0 unspecified atom stereocenters. The molecule has 2 heterocycles. The van der Waals surface area contributed by atoms with E-state index in [2.05, 4.69) is 55.3 Å². The Hall–Kier alpha value is -0.910. The molecule has 1 aliphatic heterocycles. The van der Waals surface area contributed by atoms with Gasteiger partial charge in [0.2, 0.25) is 0 Å². The van der Waals surface area contributed by atoms with E-state index in [4.69, 9.17) is 0 Å². The zero-order valence-corrected chi connectivity index (χ0v) is 14.9. The Morgan fingerprint density at radius 1 is 0.955 bits per heavy atom. The van der Waals surface area contributed by atoms with Crippen LogP contribution in [-0.2, 0) is 0 Å². The van der Waals surface area contributed by atoms with E-state index in [9.17, 15) is 0 Å². The van der Waals surface area contributed by atoms with Crippen molar-refractivity contribution in [1.29, 1.82) is 0 Å². The van der Waals surface area contributed by atoms with Crippen LogP contribution in [0.5, 0.6) is 0 Å². The summed E-state index contributed by atoms with van der Waals surface area (Å²) in [6, 6.07) is 12.3. The standard InChI is InChI=1S/C17H20BrN3S/c18-15-6-4-14(5-7-15)16-8-9-17(20-19-16)22-13-12-21-10-2-1-3-11-21/h4-9H,1-3,10-13H2. The van der Waals surface area contributed by atoms with Crippen LogP contribution in [-0.4, -0.2) is 40.5 Å². The first kappa shape index (κ1) is 16.0. The summed E-state index contributed by atoms with van der Waals surface area (Å²) in [7, 11) is 0. The second-order valence-corrected chi connectivity index (χ2v) is 7.55. The van der Waals surface area contributed by atoms with E-state index in [0.717, 1.165) is 33.1 Å². The average Bonchev–Trinajstić information content (AvgIpc) is 2.57. The molecule has 0 N–H and O–H groups in total. The van der Waals surface area contributed by atoms with Gasteiger partial charge in [-0.2, -0.15) is 0 Å². The minimum atomic E-state index is 0.924. The van der Waals surface area contributed by atoms with E-state index in [1.807, 2.05) is 12.1 Å². The summed E-state index contributed by atoms with van der Waals surface area (Å²) in [5.41, 5.74) is 2.02. The fraction of sp³-hybridized carbons (Fsp3) is 0.412. The fourth-order valence-corrected chi connectivity index (χ4v) is 3.72. The number of piperidine rings is 1. The van der Waals surface area contributed by atoms with E-state index in [0.29, 0.717) is 0 Å². The van der Waals surface area contributed by atoms with Crippen molar-refractivity contribution in [2.75, 3.05) is 25.4 Å². The summed E-state index contributed by atoms with van der Waals surface area (Å²) in [6.45, 7) is 3.67. The number of rotatable bonds is 5. The largest absolute Gasteiger partial charge is 0.303 e. The first-order valence-corrected chi connectivity index (χ1v) is 9.54. The molecular weight excluding hydrogens is 358 g/mol. The van der Waals surface area contributed by atoms with Gasteiger partial charge in [-0.15, -0.1) is 22.0 Å². The molecule has 22 heavy (non-hydrogen) atoms. The lowest BCUT2D eigenvalue weighted by Crippen LogP contribution is -2.31. The number of hydrogen-bond donors (Lipinski definition) is 0. The highest BCUT2D eigenvalue weighted by Gasteiger charge is 2.09. The zero-order valence-electron chi connectivity index (χ0n) is 12.5. The highest BCUT2D eigenvalue weighted by Crippen LogP contribution is 2.22. The number of likely N-dealkylation sites (tertiary alicyclic amines) is 1. The number of hydrogen-bond acceptors (Lipinski definition) is 4. The fourth-order valence-electron chi connectivity index (χ4n) is 2.63. The molecule has 1 aliphatic rings. The summed E-state index contributed by atoms with van der Waals surface area (Å²) in [5.74, 6) is 1.09. The molecule has 0 amide bonds. The van der Waals surface area contributed by atoms with Crippen LogP contribution in [0.15, 0.2) is 45.9 Å². The first-order chi connectivity index (χ1) is 10.8. The summed E-state index contributed by atoms with van der Waals surface area (Å²) in [5, 5.41) is 9.70. The van der Waals surface area contributed by atoms with Crippen molar-refractivity contribution in [3.8, 4) is 11.3 Å². The van der Waals surface area contributed by atoms with Gasteiger partial charge < -0.3 is 4.90 Å². The van der Waals surface area contributed by atoms with Crippen LogP contribution in [0.25, 0.3) is 11.3 Å². The van der Waals surface area contributed by atoms with Gasteiger partial charge in [-0.3, -0.25) is 0 Å². The zero-order chi connectivity index (χ0) is 15.2. The van der Waals surface area contributed by atoms with Gasteiger partial charge in [-0.1, -0.05) is 34.5 Å². The Kier molecular flexibility index (Phi) is 5.87. The maximum Gasteiger partial charge on any atom is 0.119 e. The van der Waals surface area contributed by atoms with Crippen molar-refractivity contribution in [1.82, 2.24) is 15.1 Å². The van der Waals surface area contributed by atoms with Crippen LogP contribution >= 0.6 is 27.7 Å². The average molecular weight is 378 g/mol. The minimum absolute atomic E-state index is 0.924. The smallest absolute Gasteiger partial charge is 0.119 e. The second kappa shape index (κ2) is 8.09. The Balaban J connectivity index is 1.51. The molecule has 1 aromatic heterocycles. The number of halogens is 1. The van der Waals surface area contributed by atoms with Gasteiger partial charge in [0.05, 0.1) is 5.69 Å². The highest BCUT2D eigenvalue weighted by molar-refractivity contribution is 9.10.